The summed E-state index contributed by atoms with van der Waals surface area (Å²) < 4.78 is 0. The van der Waals surface area contributed by atoms with Crippen LogP contribution in [-0.2, 0) is 6.42 Å². The van der Waals surface area contributed by atoms with E-state index in [-0.39, 0.29) is 7.43 Å². The maximum absolute atomic E-state index is 2.26. The van der Waals surface area contributed by atoms with Crippen molar-refractivity contribution in [1.82, 2.24) is 0 Å². The minimum absolute atomic E-state index is 0. The number of hydrogen-bond acceptors (Lipinski definition) is 0. The van der Waals surface area contributed by atoms with E-state index >= 15 is 0 Å². The van der Waals surface area contributed by atoms with E-state index in [0.717, 1.165) is 5.92 Å². The molecule has 1 rings (SSSR count). The van der Waals surface area contributed by atoms with Crippen molar-refractivity contribution in [3.05, 3.63) is 35.4 Å². The summed E-state index contributed by atoms with van der Waals surface area (Å²) in [6.45, 7) is 8.99. The topological polar surface area (TPSA) is 0 Å². The van der Waals surface area contributed by atoms with E-state index in [0.29, 0.717) is 5.92 Å². The molecule has 0 saturated heterocycles. The van der Waals surface area contributed by atoms with Gasteiger partial charge in [0.25, 0.3) is 0 Å². The van der Waals surface area contributed by atoms with Gasteiger partial charge in [0.05, 0.1) is 0 Å². The van der Waals surface area contributed by atoms with Gasteiger partial charge in [-0.3, -0.25) is 0 Å². The predicted octanol–water partition coefficient (Wildman–Crippen LogP) is 4.64. The molecule has 0 unspecified atom stereocenters. The Balaban J connectivity index is 0.00000169. The summed E-state index contributed by atoms with van der Waals surface area (Å²) >= 11 is 0. The molecule has 1 aromatic rings. The van der Waals surface area contributed by atoms with Gasteiger partial charge in [-0.25, -0.2) is 0 Å². The largest absolute Gasteiger partial charge is 0.0776 e. The zero-order chi connectivity index (χ0) is 9.84. The fourth-order valence-corrected chi connectivity index (χ4v) is 1.51. The van der Waals surface area contributed by atoms with E-state index in [1.54, 1.807) is 0 Å². The predicted molar refractivity (Wildman–Crippen MR) is 65.8 cm³/mol. The average Bonchev–Trinajstić information content (AvgIpc) is 2.04. The second-order valence-electron chi connectivity index (χ2n) is 4.49. The third-order valence-corrected chi connectivity index (χ3v) is 2.29. The molecule has 1 aromatic carbocycles. The van der Waals surface area contributed by atoms with Crippen LogP contribution in [0.15, 0.2) is 24.3 Å². The monoisotopic (exact) mass is 192 g/mol. The van der Waals surface area contributed by atoms with Crippen LogP contribution >= 0.6 is 0 Å². The number of rotatable bonds is 3. The van der Waals surface area contributed by atoms with Crippen LogP contribution in [0.5, 0.6) is 0 Å². The number of hydrogen-bond donors (Lipinski definition) is 0. The van der Waals surface area contributed by atoms with Crippen molar-refractivity contribution < 1.29 is 0 Å². The third kappa shape index (κ3) is 3.95. The Morgan fingerprint density at radius 2 is 1.43 bits per heavy atom. The molecule has 0 amide bonds. The van der Waals surface area contributed by atoms with E-state index in [1.807, 2.05) is 0 Å². The molecule has 0 saturated carbocycles. The van der Waals surface area contributed by atoms with Crippen molar-refractivity contribution >= 4 is 0 Å². The molecule has 0 aliphatic carbocycles. The normalized spacial score (nSPS) is 10.4. The Morgan fingerprint density at radius 3 is 1.79 bits per heavy atom. The molecule has 0 nitrogen and oxygen atoms in total. The molecule has 0 aliphatic heterocycles. The van der Waals surface area contributed by atoms with Crippen LogP contribution in [0.1, 0.15) is 52.2 Å². The summed E-state index contributed by atoms with van der Waals surface area (Å²) in [6.07, 6.45) is 1.19. The Kier molecular flexibility index (Phi) is 5.52. The minimum Gasteiger partial charge on any atom is -0.0776 e. The lowest BCUT2D eigenvalue weighted by molar-refractivity contribution is 0.647. The van der Waals surface area contributed by atoms with Gasteiger partial charge in [-0.15, -0.1) is 0 Å². The summed E-state index contributed by atoms with van der Waals surface area (Å²) in [5.74, 6) is 1.40. The third-order valence-electron chi connectivity index (χ3n) is 2.29. The van der Waals surface area contributed by atoms with Crippen molar-refractivity contribution in [3.8, 4) is 0 Å². The second kappa shape index (κ2) is 5.85. The van der Waals surface area contributed by atoms with Gasteiger partial charge in [-0.2, -0.15) is 0 Å². The fraction of sp³-hybridized carbons (Fsp3) is 0.571. The quantitative estimate of drug-likeness (QED) is 0.654. The maximum atomic E-state index is 2.26. The van der Waals surface area contributed by atoms with Crippen molar-refractivity contribution in [1.29, 1.82) is 0 Å². The lowest BCUT2D eigenvalue weighted by Gasteiger charge is -2.08. The van der Waals surface area contributed by atoms with Gasteiger partial charge in [0.1, 0.15) is 0 Å². The first-order valence-electron chi connectivity index (χ1n) is 5.18. The van der Waals surface area contributed by atoms with Gasteiger partial charge in [-0.05, 0) is 29.4 Å². The van der Waals surface area contributed by atoms with E-state index in [1.165, 1.54) is 17.5 Å². The maximum Gasteiger partial charge on any atom is -0.0219 e. The second-order valence-corrected chi connectivity index (χ2v) is 4.49. The summed E-state index contributed by atoms with van der Waals surface area (Å²) in [5, 5.41) is 0. The van der Waals surface area contributed by atoms with E-state index in [4.69, 9.17) is 0 Å². The molecule has 0 aliphatic rings. The molecule has 0 bridgehead atoms. The van der Waals surface area contributed by atoms with Gasteiger partial charge in [0.2, 0.25) is 0 Å². The first kappa shape index (κ1) is 13.2. The van der Waals surface area contributed by atoms with Gasteiger partial charge in [-0.1, -0.05) is 59.4 Å². The van der Waals surface area contributed by atoms with E-state index in [9.17, 15) is 0 Å². The summed E-state index contributed by atoms with van der Waals surface area (Å²) in [4.78, 5) is 0. The zero-order valence-electron chi connectivity index (χ0n) is 9.17. The molecular weight excluding hydrogens is 168 g/mol. The van der Waals surface area contributed by atoms with Crippen LogP contribution < -0.4 is 0 Å². The van der Waals surface area contributed by atoms with Crippen molar-refractivity contribution in [2.24, 2.45) is 5.92 Å². The average molecular weight is 192 g/mol. The molecule has 0 fully saturated rings. The SMILES string of the molecule is C.CC(C)Cc1ccc(C(C)C)cc1. The Labute approximate surface area is 89.4 Å². The van der Waals surface area contributed by atoms with Crippen molar-refractivity contribution in [2.45, 2.75) is 47.5 Å². The minimum atomic E-state index is 0. The molecule has 0 radical (unpaired) electrons. The lowest BCUT2D eigenvalue weighted by atomic mass is 9.98. The highest BCUT2D eigenvalue weighted by atomic mass is 14.1. The summed E-state index contributed by atoms with van der Waals surface area (Å²) in [7, 11) is 0. The van der Waals surface area contributed by atoms with Crippen LogP contribution in [0.3, 0.4) is 0 Å². The van der Waals surface area contributed by atoms with E-state index < -0.39 is 0 Å². The lowest BCUT2D eigenvalue weighted by Crippen LogP contribution is -1.94. The van der Waals surface area contributed by atoms with Crippen LogP contribution in [0.25, 0.3) is 0 Å². The van der Waals surface area contributed by atoms with Gasteiger partial charge in [0, 0.05) is 0 Å². The van der Waals surface area contributed by atoms with Crippen LogP contribution in [-0.4, -0.2) is 0 Å². The number of benzene rings is 1. The highest BCUT2D eigenvalue weighted by molar-refractivity contribution is 5.24. The molecule has 0 spiro atoms. The molecular formula is C14H24. The smallest absolute Gasteiger partial charge is 0.0219 e. The zero-order valence-corrected chi connectivity index (χ0v) is 9.17. The molecule has 0 atom stereocenters. The molecule has 0 heterocycles. The molecule has 80 valence electrons. The Morgan fingerprint density at radius 1 is 0.929 bits per heavy atom. The summed E-state index contributed by atoms with van der Waals surface area (Å²) in [6, 6.07) is 9.02. The molecule has 0 N–H and O–H groups in total. The highest BCUT2D eigenvalue weighted by Gasteiger charge is 2.00. The molecule has 14 heavy (non-hydrogen) atoms. The fourth-order valence-electron chi connectivity index (χ4n) is 1.51. The van der Waals surface area contributed by atoms with Crippen LogP contribution in [0.2, 0.25) is 0 Å². The van der Waals surface area contributed by atoms with Gasteiger partial charge < -0.3 is 0 Å². The van der Waals surface area contributed by atoms with Gasteiger partial charge in [0.15, 0.2) is 0 Å². The first-order chi connectivity index (χ1) is 6.09. The van der Waals surface area contributed by atoms with Crippen molar-refractivity contribution in [3.63, 3.8) is 0 Å². The standard InChI is InChI=1S/C13H20.CH4/c1-10(2)9-12-5-7-13(8-6-12)11(3)4;/h5-8,10-11H,9H2,1-4H3;1H4. The molecule has 0 aromatic heterocycles. The Hall–Kier alpha value is -0.780. The van der Waals surface area contributed by atoms with Crippen LogP contribution in [0.4, 0.5) is 0 Å². The molecule has 0 heteroatoms. The van der Waals surface area contributed by atoms with Crippen molar-refractivity contribution in [2.75, 3.05) is 0 Å². The Bertz CT molecular complexity index is 241. The summed E-state index contributed by atoms with van der Waals surface area (Å²) in [5.41, 5.74) is 2.90. The van der Waals surface area contributed by atoms with Gasteiger partial charge >= 0.3 is 0 Å². The van der Waals surface area contributed by atoms with E-state index in [2.05, 4.69) is 52.0 Å². The highest BCUT2D eigenvalue weighted by Crippen LogP contribution is 2.16. The first-order valence-corrected chi connectivity index (χ1v) is 5.18. The van der Waals surface area contributed by atoms with Crippen LogP contribution in [0, 0.1) is 5.92 Å².